The molecular weight excluding hydrogens is 268 g/mol. The first-order valence-corrected chi connectivity index (χ1v) is 7.38. The van der Waals surface area contributed by atoms with Gasteiger partial charge in [0.1, 0.15) is 11.4 Å². The van der Waals surface area contributed by atoms with Gasteiger partial charge in [-0.15, -0.1) is 0 Å². The summed E-state index contributed by atoms with van der Waals surface area (Å²) in [6.45, 7) is 7.60. The minimum absolute atomic E-state index is 0.235. The topological polar surface area (TPSA) is 66.8 Å². The molecule has 1 aromatic rings. The molecule has 0 atom stereocenters. The van der Waals surface area contributed by atoms with Crippen LogP contribution in [0.4, 0.5) is 0 Å². The van der Waals surface area contributed by atoms with Gasteiger partial charge in [0.15, 0.2) is 0 Å². The maximum absolute atomic E-state index is 11.3. The van der Waals surface area contributed by atoms with Crippen LogP contribution >= 0.6 is 0 Å². The van der Waals surface area contributed by atoms with Crippen LogP contribution in [-0.4, -0.2) is 27.4 Å². The summed E-state index contributed by atoms with van der Waals surface area (Å²) >= 11 is 0. The van der Waals surface area contributed by atoms with Crippen LogP contribution in [0, 0.1) is 0 Å². The molecule has 0 unspecified atom stereocenters. The van der Waals surface area contributed by atoms with Crippen molar-refractivity contribution in [2.24, 2.45) is 0 Å². The van der Waals surface area contributed by atoms with Crippen LogP contribution in [0.1, 0.15) is 62.0 Å². The van der Waals surface area contributed by atoms with Crippen molar-refractivity contribution in [1.29, 1.82) is 0 Å². The zero-order valence-corrected chi connectivity index (χ0v) is 13.2. The van der Waals surface area contributed by atoms with Gasteiger partial charge in [0.25, 0.3) is 0 Å². The third-order valence-corrected chi connectivity index (χ3v) is 3.87. The SMILES string of the molecule is CC(C)(O)CCc1cc(C(=O)O)cc2c1OC(C)(C)CC2. The van der Waals surface area contributed by atoms with E-state index in [1.807, 2.05) is 13.8 Å². The summed E-state index contributed by atoms with van der Waals surface area (Å²) < 4.78 is 6.08. The van der Waals surface area contributed by atoms with Crippen molar-refractivity contribution in [1.82, 2.24) is 0 Å². The zero-order valence-electron chi connectivity index (χ0n) is 13.2. The highest BCUT2D eigenvalue weighted by Crippen LogP contribution is 2.37. The number of hydrogen-bond acceptors (Lipinski definition) is 3. The van der Waals surface area contributed by atoms with E-state index >= 15 is 0 Å². The van der Waals surface area contributed by atoms with Crippen molar-refractivity contribution in [2.75, 3.05) is 0 Å². The number of ether oxygens (including phenoxy) is 1. The summed E-state index contributed by atoms with van der Waals surface area (Å²) in [5, 5.41) is 19.2. The summed E-state index contributed by atoms with van der Waals surface area (Å²) in [5.41, 5.74) is 1.11. The van der Waals surface area contributed by atoms with Gasteiger partial charge in [-0.25, -0.2) is 4.79 Å². The second-order valence-electron chi connectivity index (χ2n) is 7.10. The van der Waals surface area contributed by atoms with Crippen LogP contribution in [0.2, 0.25) is 0 Å². The maximum atomic E-state index is 11.3. The molecule has 0 bridgehead atoms. The van der Waals surface area contributed by atoms with E-state index in [0.29, 0.717) is 18.4 Å². The maximum Gasteiger partial charge on any atom is 0.335 e. The van der Waals surface area contributed by atoms with E-state index in [4.69, 9.17) is 4.74 Å². The van der Waals surface area contributed by atoms with E-state index in [1.54, 1.807) is 26.0 Å². The van der Waals surface area contributed by atoms with Gasteiger partial charge in [0.05, 0.1) is 11.2 Å². The Hall–Kier alpha value is -1.55. The van der Waals surface area contributed by atoms with E-state index in [-0.39, 0.29) is 5.60 Å². The third kappa shape index (κ3) is 3.97. The molecule has 0 fully saturated rings. The largest absolute Gasteiger partial charge is 0.487 e. The van der Waals surface area contributed by atoms with Gasteiger partial charge in [-0.2, -0.15) is 0 Å². The fourth-order valence-electron chi connectivity index (χ4n) is 2.58. The highest BCUT2D eigenvalue weighted by molar-refractivity contribution is 5.88. The molecule has 0 aliphatic carbocycles. The minimum atomic E-state index is -0.924. The van der Waals surface area contributed by atoms with Crippen molar-refractivity contribution >= 4 is 5.97 Å². The average molecular weight is 292 g/mol. The summed E-state index contributed by atoms with van der Waals surface area (Å²) in [4.78, 5) is 11.3. The fourth-order valence-corrected chi connectivity index (χ4v) is 2.58. The zero-order chi connectivity index (χ0) is 15.8. The molecule has 2 rings (SSSR count). The van der Waals surface area contributed by atoms with Crippen LogP contribution in [0.3, 0.4) is 0 Å². The number of aryl methyl sites for hydroxylation is 2. The van der Waals surface area contributed by atoms with Crippen molar-refractivity contribution in [3.63, 3.8) is 0 Å². The van der Waals surface area contributed by atoms with E-state index in [1.165, 1.54) is 0 Å². The smallest absolute Gasteiger partial charge is 0.335 e. The molecular formula is C17H24O4. The Morgan fingerprint density at radius 3 is 2.62 bits per heavy atom. The Morgan fingerprint density at radius 1 is 1.38 bits per heavy atom. The average Bonchev–Trinajstić information content (AvgIpc) is 2.33. The second-order valence-corrected chi connectivity index (χ2v) is 7.10. The van der Waals surface area contributed by atoms with Gasteiger partial charge in [0.2, 0.25) is 0 Å². The van der Waals surface area contributed by atoms with Crippen molar-refractivity contribution < 1.29 is 19.7 Å². The molecule has 0 aromatic heterocycles. The predicted octanol–water partition coefficient (Wildman–Crippen LogP) is 3.19. The Labute approximate surface area is 125 Å². The Balaban J connectivity index is 2.40. The number of carboxylic acids is 1. The molecule has 2 N–H and O–H groups in total. The Bertz CT molecular complexity index is 553. The lowest BCUT2D eigenvalue weighted by molar-refractivity contribution is 0.0682. The first-order valence-electron chi connectivity index (χ1n) is 7.38. The molecule has 4 nitrogen and oxygen atoms in total. The van der Waals surface area contributed by atoms with Crippen LogP contribution in [0.5, 0.6) is 5.75 Å². The Kier molecular flexibility index (Phi) is 4.02. The van der Waals surface area contributed by atoms with Gasteiger partial charge in [-0.05, 0) is 76.6 Å². The van der Waals surface area contributed by atoms with Crippen molar-refractivity contribution in [3.8, 4) is 5.75 Å². The van der Waals surface area contributed by atoms with Crippen LogP contribution in [-0.2, 0) is 12.8 Å². The molecule has 116 valence electrons. The highest BCUT2D eigenvalue weighted by atomic mass is 16.5. The van der Waals surface area contributed by atoms with E-state index in [0.717, 1.165) is 29.7 Å². The number of aliphatic hydroxyl groups is 1. The number of aromatic carboxylic acids is 1. The van der Waals surface area contributed by atoms with Gasteiger partial charge in [0, 0.05) is 0 Å². The molecule has 0 saturated heterocycles. The summed E-state index contributed by atoms with van der Waals surface area (Å²) in [5.74, 6) is -0.118. The summed E-state index contributed by atoms with van der Waals surface area (Å²) in [7, 11) is 0. The minimum Gasteiger partial charge on any atom is -0.487 e. The molecule has 1 aromatic carbocycles. The number of hydrogen-bond donors (Lipinski definition) is 2. The number of benzene rings is 1. The lowest BCUT2D eigenvalue weighted by Gasteiger charge is -2.34. The standard InChI is InChI=1S/C17H24O4/c1-16(2,20)7-5-11-9-13(15(18)19)10-12-6-8-17(3,4)21-14(11)12/h9-10,20H,5-8H2,1-4H3,(H,18,19). The van der Waals surface area contributed by atoms with E-state index < -0.39 is 11.6 Å². The molecule has 0 spiro atoms. The quantitative estimate of drug-likeness (QED) is 0.894. The molecule has 0 amide bonds. The predicted molar refractivity (Wildman–Crippen MR) is 81.0 cm³/mol. The first kappa shape index (κ1) is 15.8. The van der Waals surface area contributed by atoms with Crippen molar-refractivity contribution in [3.05, 3.63) is 28.8 Å². The second kappa shape index (κ2) is 5.34. The van der Waals surface area contributed by atoms with E-state index in [2.05, 4.69) is 0 Å². The molecule has 21 heavy (non-hydrogen) atoms. The first-order chi connectivity index (χ1) is 9.57. The monoisotopic (exact) mass is 292 g/mol. The molecule has 1 aliphatic heterocycles. The van der Waals surface area contributed by atoms with Crippen molar-refractivity contribution in [2.45, 2.75) is 64.6 Å². The summed E-state index contributed by atoms with van der Waals surface area (Å²) in [6, 6.07) is 3.38. The fraction of sp³-hybridized carbons (Fsp3) is 0.588. The van der Waals surface area contributed by atoms with Gasteiger partial charge in [-0.1, -0.05) is 0 Å². The number of carboxylic acid groups (broad SMARTS) is 1. The van der Waals surface area contributed by atoms with Crippen LogP contribution in [0.15, 0.2) is 12.1 Å². The van der Waals surface area contributed by atoms with Gasteiger partial charge >= 0.3 is 5.97 Å². The van der Waals surface area contributed by atoms with Gasteiger partial charge < -0.3 is 14.9 Å². The van der Waals surface area contributed by atoms with Crippen LogP contribution < -0.4 is 4.74 Å². The normalized spacial score (nSPS) is 17.0. The molecule has 0 saturated carbocycles. The van der Waals surface area contributed by atoms with Crippen LogP contribution in [0.25, 0.3) is 0 Å². The summed E-state index contributed by atoms with van der Waals surface area (Å²) in [6.07, 6.45) is 2.85. The molecule has 4 heteroatoms. The highest BCUT2D eigenvalue weighted by Gasteiger charge is 2.29. The lowest BCUT2D eigenvalue weighted by Crippen LogP contribution is -2.33. The Morgan fingerprint density at radius 2 is 2.05 bits per heavy atom. The van der Waals surface area contributed by atoms with Gasteiger partial charge in [-0.3, -0.25) is 0 Å². The number of rotatable bonds is 4. The number of carbonyl (C=O) groups is 1. The molecule has 0 radical (unpaired) electrons. The lowest BCUT2D eigenvalue weighted by atomic mass is 9.89. The van der Waals surface area contributed by atoms with E-state index in [9.17, 15) is 15.0 Å². The third-order valence-electron chi connectivity index (χ3n) is 3.87. The molecule has 1 heterocycles. The number of fused-ring (bicyclic) bond motifs is 1. The molecule has 1 aliphatic rings.